The molecule has 0 bridgehead atoms. The van der Waals surface area contributed by atoms with Crippen LogP contribution in [0.15, 0.2) is 54.7 Å². The van der Waals surface area contributed by atoms with Crippen LogP contribution in [0.2, 0.25) is 0 Å². The molecule has 0 amide bonds. The third-order valence-electron chi connectivity index (χ3n) is 3.44. The summed E-state index contributed by atoms with van der Waals surface area (Å²) in [7, 11) is 1.36. The number of carbonyl (C=O) groups excluding carboxylic acids is 1. The number of nitrogens with zero attached hydrogens (tertiary/aromatic N) is 1. The SMILES string of the molecule is COC(=O)c1cn(Cc2cccc(F)c2)c2ccccc12. The van der Waals surface area contributed by atoms with Crippen molar-refractivity contribution >= 4 is 16.9 Å². The minimum atomic E-state index is -0.371. The Bertz CT molecular complexity index is 807. The molecule has 1 aromatic heterocycles. The third-order valence-corrected chi connectivity index (χ3v) is 3.44. The number of methoxy groups -OCH3 is 1. The van der Waals surface area contributed by atoms with E-state index in [1.807, 2.05) is 34.9 Å². The fourth-order valence-corrected chi connectivity index (χ4v) is 2.48. The van der Waals surface area contributed by atoms with Crippen LogP contribution in [0.25, 0.3) is 10.9 Å². The summed E-state index contributed by atoms with van der Waals surface area (Å²) in [5.41, 5.74) is 2.28. The van der Waals surface area contributed by atoms with Gasteiger partial charge in [0.2, 0.25) is 0 Å². The lowest BCUT2D eigenvalue weighted by Gasteiger charge is -2.05. The molecule has 0 radical (unpaired) electrons. The second-order valence-corrected chi connectivity index (χ2v) is 4.81. The number of esters is 1. The molecule has 0 saturated heterocycles. The highest BCUT2D eigenvalue weighted by molar-refractivity contribution is 6.04. The summed E-state index contributed by atoms with van der Waals surface area (Å²) in [4.78, 5) is 11.9. The normalized spacial score (nSPS) is 10.8. The van der Waals surface area contributed by atoms with E-state index in [-0.39, 0.29) is 11.8 Å². The van der Waals surface area contributed by atoms with Crippen LogP contribution in [-0.2, 0) is 11.3 Å². The molecular formula is C17H14FNO2. The van der Waals surface area contributed by atoms with Crippen molar-refractivity contribution in [1.29, 1.82) is 0 Å². The summed E-state index contributed by atoms with van der Waals surface area (Å²) in [6.45, 7) is 0.495. The van der Waals surface area contributed by atoms with Gasteiger partial charge in [-0.25, -0.2) is 9.18 Å². The topological polar surface area (TPSA) is 31.2 Å². The van der Waals surface area contributed by atoms with E-state index >= 15 is 0 Å². The minimum Gasteiger partial charge on any atom is -0.465 e. The molecule has 1 heterocycles. The van der Waals surface area contributed by atoms with Gasteiger partial charge in [-0.1, -0.05) is 30.3 Å². The summed E-state index contributed by atoms with van der Waals surface area (Å²) in [5, 5.41) is 0.834. The molecule has 2 aromatic carbocycles. The van der Waals surface area contributed by atoms with Crippen LogP contribution in [0.5, 0.6) is 0 Å². The van der Waals surface area contributed by atoms with Gasteiger partial charge in [-0.2, -0.15) is 0 Å². The molecule has 4 heteroatoms. The van der Waals surface area contributed by atoms with Crippen LogP contribution in [-0.4, -0.2) is 17.6 Å². The maximum Gasteiger partial charge on any atom is 0.340 e. The van der Waals surface area contributed by atoms with Crippen LogP contribution in [0.1, 0.15) is 15.9 Å². The van der Waals surface area contributed by atoms with Crippen molar-refractivity contribution in [2.75, 3.05) is 7.11 Å². The van der Waals surface area contributed by atoms with Crippen molar-refractivity contribution in [2.24, 2.45) is 0 Å². The van der Waals surface area contributed by atoms with Crippen LogP contribution in [0, 0.1) is 5.82 Å². The monoisotopic (exact) mass is 283 g/mol. The molecule has 0 N–H and O–H groups in total. The second kappa shape index (κ2) is 5.40. The average Bonchev–Trinajstić information content (AvgIpc) is 2.86. The molecule has 0 unspecified atom stereocenters. The van der Waals surface area contributed by atoms with Gasteiger partial charge in [0.05, 0.1) is 12.7 Å². The van der Waals surface area contributed by atoms with Crippen LogP contribution in [0.4, 0.5) is 4.39 Å². The zero-order valence-electron chi connectivity index (χ0n) is 11.5. The van der Waals surface area contributed by atoms with Crippen LogP contribution < -0.4 is 0 Å². The molecular weight excluding hydrogens is 269 g/mol. The lowest BCUT2D eigenvalue weighted by atomic mass is 10.2. The van der Waals surface area contributed by atoms with E-state index in [1.54, 1.807) is 12.3 Å². The maximum absolute atomic E-state index is 13.3. The summed E-state index contributed by atoms with van der Waals surface area (Å²) in [6, 6.07) is 14.0. The smallest absolute Gasteiger partial charge is 0.340 e. The van der Waals surface area contributed by atoms with Crippen molar-refractivity contribution in [2.45, 2.75) is 6.54 Å². The molecule has 0 saturated carbocycles. The fourth-order valence-electron chi connectivity index (χ4n) is 2.48. The van der Waals surface area contributed by atoms with Crippen molar-refractivity contribution < 1.29 is 13.9 Å². The van der Waals surface area contributed by atoms with Crippen molar-refractivity contribution in [3.05, 3.63) is 71.7 Å². The summed E-state index contributed by atoms with van der Waals surface area (Å²) < 4.78 is 20.0. The number of fused-ring (bicyclic) bond motifs is 1. The van der Waals surface area contributed by atoms with Gasteiger partial charge in [0.25, 0.3) is 0 Å². The average molecular weight is 283 g/mol. The Labute approximate surface area is 121 Å². The molecule has 3 aromatic rings. The van der Waals surface area contributed by atoms with E-state index in [1.165, 1.54) is 19.2 Å². The Morgan fingerprint density at radius 2 is 2.00 bits per heavy atom. The standard InChI is InChI=1S/C17H14FNO2/c1-21-17(20)15-11-19(16-8-3-2-7-14(15)16)10-12-5-4-6-13(18)9-12/h2-9,11H,10H2,1H3. The predicted octanol–water partition coefficient (Wildman–Crippen LogP) is 3.62. The molecule has 21 heavy (non-hydrogen) atoms. The zero-order chi connectivity index (χ0) is 14.8. The number of carbonyl (C=O) groups is 1. The Kier molecular flexibility index (Phi) is 3.44. The highest BCUT2D eigenvalue weighted by Crippen LogP contribution is 2.23. The van der Waals surface area contributed by atoms with E-state index in [0.29, 0.717) is 12.1 Å². The van der Waals surface area contributed by atoms with Gasteiger partial charge in [-0.3, -0.25) is 0 Å². The van der Waals surface area contributed by atoms with E-state index in [4.69, 9.17) is 4.74 Å². The molecule has 3 rings (SSSR count). The molecule has 0 aliphatic heterocycles. The van der Waals surface area contributed by atoms with E-state index in [0.717, 1.165) is 16.5 Å². The predicted molar refractivity (Wildman–Crippen MR) is 78.8 cm³/mol. The lowest BCUT2D eigenvalue weighted by Crippen LogP contribution is -2.01. The number of hydrogen-bond donors (Lipinski definition) is 0. The number of halogens is 1. The van der Waals surface area contributed by atoms with E-state index in [2.05, 4.69) is 0 Å². The number of ether oxygens (including phenoxy) is 1. The van der Waals surface area contributed by atoms with Crippen LogP contribution in [0.3, 0.4) is 0 Å². The molecule has 0 aliphatic rings. The molecule has 0 fully saturated rings. The first-order chi connectivity index (χ1) is 10.2. The summed E-state index contributed by atoms with van der Waals surface area (Å²) in [6.07, 6.45) is 1.75. The highest BCUT2D eigenvalue weighted by Gasteiger charge is 2.15. The Morgan fingerprint density at radius 3 is 2.76 bits per heavy atom. The maximum atomic E-state index is 13.3. The number of para-hydroxylation sites is 1. The van der Waals surface area contributed by atoms with Gasteiger partial charge in [0.15, 0.2) is 0 Å². The molecule has 3 nitrogen and oxygen atoms in total. The second-order valence-electron chi connectivity index (χ2n) is 4.81. The van der Waals surface area contributed by atoms with Gasteiger partial charge in [0.1, 0.15) is 5.82 Å². The lowest BCUT2D eigenvalue weighted by molar-refractivity contribution is 0.0602. The zero-order valence-corrected chi connectivity index (χ0v) is 11.5. The quantitative estimate of drug-likeness (QED) is 0.687. The minimum absolute atomic E-state index is 0.267. The van der Waals surface area contributed by atoms with Crippen LogP contribution >= 0.6 is 0 Å². The molecule has 0 spiro atoms. The Balaban J connectivity index is 2.08. The Hall–Kier alpha value is -2.62. The van der Waals surface area contributed by atoms with Crippen molar-refractivity contribution in [1.82, 2.24) is 4.57 Å². The first-order valence-electron chi connectivity index (χ1n) is 6.59. The van der Waals surface area contributed by atoms with Crippen molar-refractivity contribution in [3.63, 3.8) is 0 Å². The van der Waals surface area contributed by atoms with E-state index in [9.17, 15) is 9.18 Å². The summed E-state index contributed by atoms with van der Waals surface area (Å²) in [5.74, 6) is -0.638. The number of rotatable bonds is 3. The summed E-state index contributed by atoms with van der Waals surface area (Å²) >= 11 is 0. The third kappa shape index (κ3) is 2.52. The molecule has 106 valence electrons. The number of aromatic nitrogens is 1. The largest absolute Gasteiger partial charge is 0.465 e. The van der Waals surface area contributed by atoms with E-state index < -0.39 is 0 Å². The number of benzene rings is 2. The Morgan fingerprint density at radius 1 is 1.19 bits per heavy atom. The first kappa shape index (κ1) is 13.4. The molecule has 0 atom stereocenters. The number of hydrogen-bond acceptors (Lipinski definition) is 2. The first-order valence-corrected chi connectivity index (χ1v) is 6.59. The fraction of sp³-hybridized carbons (Fsp3) is 0.118. The molecule has 0 aliphatic carbocycles. The van der Waals surface area contributed by atoms with Crippen molar-refractivity contribution in [3.8, 4) is 0 Å². The van der Waals surface area contributed by atoms with Gasteiger partial charge in [0, 0.05) is 23.6 Å². The van der Waals surface area contributed by atoms with Gasteiger partial charge in [-0.05, 0) is 23.8 Å². The van der Waals surface area contributed by atoms with Gasteiger partial charge >= 0.3 is 5.97 Å². The highest BCUT2D eigenvalue weighted by atomic mass is 19.1. The van der Waals surface area contributed by atoms with Gasteiger partial charge < -0.3 is 9.30 Å². The van der Waals surface area contributed by atoms with Gasteiger partial charge in [-0.15, -0.1) is 0 Å².